The van der Waals surface area contributed by atoms with Gasteiger partial charge in [0.05, 0.1) is 0 Å². The highest BCUT2D eigenvalue weighted by molar-refractivity contribution is 5.90. The number of carbonyl (C=O) groups is 1. The number of rotatable bonds is 6. The first-order valence-electron chi connectivity index (χ1n) is 7.15. The van der Waals surface area contributed by atoms with Crippen molar-refractivity contribution in [2.45, 2.75) is 32.2 Å². The highest BCUT2D eigenvalue weighted by atomic mass is 16.5. The zero-order valence-corrected chi connectivity index (χ0v) is 11.9. The maximum absolute atomic E-state index is 11.7. The minimum Gasteiger partial charge on any atom is -0.385 e. The molecular formula is C15H18N4O2. The van der Waals surface area contributed by atoms with Gasteiger partial charge in [-0.05, 0) is 31.9 Å². The molecule has 1 saturated carbocycles. The lowest BCUT2D eigenvalue weighted by molar-refractivity contribution is 0.0937. The molecule has 2 aromatic rings. The highest BCUT2D eigenvalue weighted by Gasteiger charge is 2.25. The lowest BCUT2D eigenvalue weighted by atomic mass is 10.2. The average molecular weight is 286 g/mol. The van der Waals surface area contributed by atoms with Crippen molar-refractivity contribution < 1.29 is 9.32 Å². The van der Waals surface area contributed by atoms with E-state index < -0.39 is 0 Å². The number of carbonyl (C=O) groups excluding carboxylic acids is 1. The maximum atomic E-state index is 11.7. The molecule has 1 heterocycles. The van der Waals surface area contributed by atoms with Crippen molar-refractivity contribution in [1.82, 2.24) is 15.5 Å². The van der Waals surface area contributed by atoms with Gasteiger partial charge in [0.25, 0.3) is 11.7 Å². The minimum atomic E-state index is -0.251. The molecule has 0 spiro atoms. The van der Waals surface area contributed by atoms with E-state index in [-0.39, 0.29) is 11.7 Å². The van der Waals surface area contributed by atoms with E-state index in [1.165, 1.54) is 5.56 Å². The van der Waals surface area contributed by atoms with Crippen LogP contribution in [0.2, 0.25) is 0 Å². The van der Waals surface area contributed by atoms with Gasteiger partial charge in [-0.25, -0.2) is 0 Å². The van der Waals surface area contributed by atoms with Gasteiger partial charge in [0.15, 0.2) is 0 Å². The number of amides is 1. The number of benzene rings is 1. The Hall–Kier alpha value is -2.37. The summed E-state index contributed by atoms with van der Waals surface area (Å²) in [6.45, 7) is 2.73. The lowest BCUT2D eigenvalue weighted by Crippen LogP contribution is -2.26. The summed E-state index contributed by atoms with van der Waals surface area (Å²) < 4.78 is 5.08. The molecular weight excluding hydrogens is 268 g/mol. The van der Waals surface area contributed by atoms with Crippen LogP contribution in [0, 0.1) is 6.92 Å². The zero-order chi connectivity index (χ0) is 14.7. The molecule has 2 N–H and O–H groups in total. The predicted molar refractivity (Wildman–Crippen MR) is 78.2 cm³/mol. The SMILES string of the molecule is Cc1ccc(NCCc2nc(C(=O)NC3CC3)no2)cc1. The molecule has 21 heavy (non-hydrogen) atoms. The van der Waals surface area contributed by atoms with Gasteiger partial charge in [-0.2, -0.15) is 4.98 Å². The fourth-order valence-electron chi connectivity index (χ4n) is 1.91. The van der Waals surface area contributed by atoms with Crippen molar-refractivity contribution in [1.29, 1.82) is 0 Å². The second-order valence-corrected chi connectivity index (χ2v) is 5.30. The molecule has 0 radical (unpaired) electrons. The van der Waals surface area contributed by atoms with Crippen LogP contribution in [-0.4, -0.2) is 28.6 Å². The van der Waals surface area contributed by atoms with Gasteiger partial charge in [0, 0.05) is 24.7 Å². The third-order valence-electron chi connectivity index (χ3n) is 3.30. The Labute approximate surface area is 122 Å². The number of aryl methyl sites for hydroxylation is 1. The van der Waals surface area contributed by atoms with Crippen molar-refractivity contribution in [2.24, 2.45) is 0 Å². The van der Waals surface area contributed by atoms with E-state index in [9.17, 15) is 4.79 Å². The molecule has 6 heteroatoms. The van der Waals surface area contributed by atoms with Gasteiger partial charge in [-0.15, -0.1) is 0 Å². The molecule has 0 aliphatic heterocycles. The Balaban J connectivity index is 1.47. The van der Waals surface area contributed by atoms with Crippen LogP contribution in [-0.2, 0) is 6.42 Å². The van der Waals surface area contributed by atoms with Crippen LogP contribution in [0.1, 0.15) is 34.9 Å². The van der Waals surface area contributed by atoms with Crippen molar-refractivity contribution in [2.75, 3.05) is 11.9 Å². The molecule has 1 fully saturated rings. The summed E-state index contributed by atoms with van der Waals surface area (Å²) >= 11 is 0. The summed E-state index contributed by atoms with van der Waals surface area (Å²) in [4.78, 5) is 15.8. The summed E-state index contributed by atoms with van der Waals surface area (Å²) in [6, 6.07) is 8.45. The van der Waals surface area contributed by atoms with E-state index in [4.69, 9.17) is 4.52 Å². The van der Waals surface area contributed by atoms with E-state index in [0.29, 0.717) is 24.9 Å². The Morgan fingerprint density at radius 2 is 2.10 bits per heavy atom. The predicted octanol–water partition coefficient (Wildman–Crippen LogP) is 1.92. The van der Waals surface area contributed by atoms with E-state index in [2.05, 4.69) is 39.8 Å². The fourth-order valence-corrected chi connectivity index (χ4v) is 1.91. The van der Waals surface area contributed by atoms with Gasteiger partial charge in [0.2, 0.25) is 5.89 Å². The number of hydrogen-bond donors (Lipinski definition) is 2. The van der Waals surface area contributed by atoms with Crippen molar-refractivity contribution in [3.05, 3.63) is 41.5 Å². The second-order valence-electron chi connectivity index (χ2n) is 5.30. The van der Waals surface area contributed by atoms with Gasteiger partial charge < -0.3 is 15.2 Å². The quantitative estimate of drug-likeness (QED) is 0.848. The molecule has 0 unspecified atom stereocenters. The smallest absolute Gasteiger partial charge is 0.292 e. The monoisotopic (exact) mass is 286 g/mol. The van der Waals surface area contributed by atoms with Crippen molar-refractivity contribution in [3.63, 3.8) is 0 Å². The van der Waals surface area contributed by atoms with Gasteiger partial charge in [0.1, 0.15) is 0 Å². The Morgan fingerprint density at radius 3 is 2.81 bits per heavy atom. The van der Waals surface area contributed by atoms with E-state index >= 15 is 0 Å². The Morgan fingerprint density at radius 1 is 1.33 bits per heavy atom. The summed E-state index contributed by atoms with van der Waals surface area (Å²) in [5, 5.41) is 9.81. The third-order valence-corrected chi connectivity index (χ3v) is 3.30. The van der Waals surface area contributed by atoms with Crippen molar-refractivity contribution in [3.8, 4) is 0 Å². The van der Waals surface area contributed by atoms with E-state index in [1.807, 2.05) is 12.1 Å². The van der Waals surface area contributed by atoms with Crippen LogP contribution in [0.5, 0.6) is 0 Å². The first-order chi connectivity index (χ1) is 10.2. The highest BCUT2D eigenvalue weighted by Crippen LogP contribution is 2.18. The second kappa shape index (κ2) is 5.95. The van der Waals surface area contributed by atoms with Gasteiger partial charge in [-0.3, -0.25) is 4.79 Å². The number of nitrogens with zero attached hydrogens (tertiary/aromatic N) is 2. The zero-order valence-electron chi connectivity index (χ0n) is 11.9. The van der Waals surface area contributed by atoms with Crippen molar-refractivity contribution >= 4 is 11.6 Å². The molecule has 0 bridgehead atoms. The first kappa shape index (κ1) is 13.6. The normalized spacial score (nSPS) is 14.0. The standard InChI is InChI=1S/C15H18N4O2/c1-10-2-4-11(5-3-10)16-9-8-13-18-14(19-21-13)15(20)17-12-6-7-12/h2-5,12,16H,6-9H2,1H3,(H,17,20). The molecule has 1 aliphatic rings. The summed E-state index contributed by atoms with van der Waals surface area (Å²) in [5.41, 5.74) is 2.27. The van der Waals surface area contributed by atoms with Gasteiger partial charge >= 0.3 is 0 Å². The van der Waals surface area contributed by atoms with Gasteiger partial charge in [-0.1, -0.05) is 22.9 Å². The third kappa shape index (κ3) is 3.81. The van der Waals surface area contributed by atoms with E-state index in [0.717, 1.165) is 18.5 Å². The average Bonchev–Trinajstić information content (AvgIpc) is 3.16. The summed E-state index contributed by atoms with van der Waals surface area (Å²) in [6.07, 6.45) is 2.66. The molecule has 0 atom stereocenters. The number of nitrogens with one attached hydrogen (secondary N) is 2. The summed E-state index contributed by atoms with van der Waals surface area (Å²) in [5.74, 6) is 0.335. The lowest BCUT2D eigenvalue weighted by Gasteiger charge is -2.04. The van der Waals surface area contributed by atoms with E-state index in [1.54, 1.807) is 0 Å². The summed E-state index contributed by atoms with van der Waals surface area (Å²) in [7, 11) is 0. The fraction of sp³-hybridized carbons (Fsp3) is 0.400. The molecule has 1 aromatic carbocycles. The van der Waals surface area contributed by atoms with Crippen LogP contribution < -0.4 is 10.6 Å². The van der Waals surface area contributed by atoms with Crippen LogP contribution in [0.15, 0.2) is 28.8 Å². The molecule has 110 valence electrons. The number of aromatic nitrogens is 2. The molecule has 1 aromatic heterocycles. The number of anilines is 1. The maximum Gasteiger partial charge on any atom is 0.292 e. The Kier molecular flexibility index (Phi) is 3.85. The number of hydrogen-bond acceptors (Lipinski definition) is 5. The molecule has 1 aliphatic carbocycles. The molecule has 3 rings (SSSR count). The van der Waals surface area contributed by atoms with Crippen LogP contribution in [0.4, 0.5) is 5.69 Å². The van der Waals surface area contributed by atoms with Crippen LogP contribution in [0.3, 0.4) is 0 Å². The minimum absolute atomic E-state index is 0.118. The largest absolute Gasteiger partial charge is 0.385 e. The first-order valence-corrected chi connectivity index (χ1v) is 7.15. The molecule has 0 saturated heterocycles. The molecule has 1 amide bonds. The Bertz CT molecular complexity index is 617. The van der Waals surface area contributed by atoms with Crippen LogP contribution in [0.25, 0.3) is 0 Å². The molecule has 6 nitrogen and oxygen atoms in total. The van der Waals surface area contributed by atoms with Crippen LogP contribution >= 0.6 is 0 Å². The topological polar surface area (TPSA) is 80.0 Å².